The summed E-state index contributed by atoms with van der Waals surface area (Å²) in [6.07, 6.45) is 3.41. The topological polar surface area (TPSA) is 98.8 Å². The Labute approximate surface area is 154 Å². The van der Waals surface area contributed by atoms with Crippen molar-refractivity contribution in [2.45, 2.75) is 38.7 Å². The van der Waals surface area contributed by atoms with Crippen molar-refractivity contribution in [1.29, 1.82) is 0 Å². The van der Waals surface area contributed by atoms with E-state index in [0.29, 0.717) is 12.8 Å². The number of hydrogen-bond donors (Lipinski definition) is 2. The number of aliphatic hydroxyl groups is 1. The second kappa shape index (κ2) is 10.4. The SMILES string of the molecule is CC(CO)(CI)COC(=O)CCCC1=C[C@@H](OC(N)=O)CCS1. The zero-order chi connectivity index (χ0) is 17.3. The molecule has 0 saturated heterocycles. The summed E-state index contributed by atoms with van der Waals surface area (Å²) < 4.78 is 10.9. The Balaban J connectivity index is 2.29. The molecule has 132 valence electrons. The second-order valence-electron chi connectivity index (χ2n) is 5.86. The molecular formula is C15H24INO5S. The maximum atomic E-state index is 11.8. The number of halogens is 1. The van der Waals surface area contributed by atoms with Gasteiger partial charge in [0.25, 0.3) is 0 Å². The van der Waals surface area contributed by atoms with Crippen LogP contribution in [0.4, 0.5) is 4.79 Å². The number of carbonyl (C=O) groups excluding carboxylic acids is 2. The van der Waals surface area contributed by atoms with E-state index in [2.05, 4.69) is 22.6 Å². The highest BCUT2D eigenvalue weighted by Crippen LogP contribution is 2.29. The highest BCUT2D eigenvalue weighted by atomic mass is 127. The summed E-state index contributed by atoms with van der Waals surface area (Å²) in [5.74, 6) is 0.625. The average molecular weight is 457 g/mol. The summed E-state index contributed by atoms with van der Waals surface area (Å²) in [5.41, 5.74) is 4.65. The standard InChI is InChI=1S/C15H24INO5S/c1-15(8-16,9-18)10-21-13(19)4-2-3-12-7-11(5-6-23-12)22-14(17)20/h7,11,18H,2-6,8-10H2,1H3,(H2,17,20)/t11-,15?/m0/s1. The van der Waals surface area contributed by atoms with Crippen LogP contribution in [0.25, 0.3) is 0 Å². The van der Waals surface area contributed by atoms with Gasteiger partial charge in [0.15, 0.2) is 0 Å². The fourth-order valence-electron chi connectivity index (χ4n) is 1.90. The first-order chi connectivity index (χ1) is 10.9. The van der Waals surface area contributed by atoms with Crippen LogP contribution < -0.4 is 5.73 Å². The smallest absolute Gasteiger partial charge is 0.405 e. The number of nitrogens with two attached hydrogens (primary N) is 1. The predicted molar refractivity (Wildman–Crippen MR) is 98.5 cm³/mol. The molecule has 0 aromatic carbocycles. The molecule has 0 saturated carbocycles. The lowest BCUT2D eigenvalue weighted by Gasteiger charge is -2.24. The van der Waals surface area contributed by atoms with E-state index in [1.165, 1.54) is 0 Å². The van der Waals surface area contributed by atoms with Gasteiger partial charge in [-0.3, -0.25) is 4.79 Å². The normalized spacial score (nSPS) is 20.3. The van der Waals surface area contributed by atoms with Crippen molar-refractivity contribution in [1.82, 2.24) is 0 Å². The van der Waals surface area contributed by atoms with Crippen molar-refractivity contribution in [3.05, 3.63) is 11.0 Å². The van der Waals surface area contributed by atoms with Crippen LogP contribution in [0.3, 0.4) is 0 Å². The van der Waals surface area contributed by atoms with E-state index >= 15 is 0 Å². The molecule has 0 aliphatic carbocycles. The van der Waals surface area contributed by atoms with Crippen molar-refractivity contribution in [2.24, 2.45) is 11.1 Å². The molecule has 0 fully saturated rings. The lowest BCUT2D eigenvalue weighted by atomic mass is 9.96. The van der Waals surface area contributed by atoms with Gasteiger partial charge < -0.3 is 20.3 Å². The molecule has 1 unspecified atom stereocenters. The van der Waals surface area contributed by atoms with Crippen LogP contribution in [0, 0.1) is 5.41 Å². The highest BCUT2D eigenvalue weighted by molar-refractivity contribution is 14.1. The molecule has 1 aliphatic heterocycles. The Hall–Kier alpha value is -0.480. The van der Waals surface area contributed by atoms with Gasteiger partial charge in [-0.05, 0) is 30.2 Å². The van der Waals surface area contributed by atoms with E-state index < -0.39 is 6.09 Å². The summed E-state index contributed by atoms with van der Waals surface area (Å²) in [5, 5.41) is 9.28. The van der Waals surface area contributed by atoms with E-state index in [0.717, 1.165) is 27.9 Å². The second-order valence-corrected chi connectivity index (χ2v) is 7.85. The van der Waals surface area contributed by atoms with E-state index in [1.54, 1.807) is 11.8 Å². The minimum Gasteiger partial charge on any atom is -0.465 e. The summed E-state index contributed by atoms with van der Waals surface area (Å²) in [4.78, 5) is 23.6. The third-order valence-corrected chi connectivity index (χ3v) is 6.41. The van der Waals surface area contributed by atoms with Crippen LogP contribution in [0.1, 0.15) is 32.6 Å². The molecule has 0 radical (unpaired) electrons. The van der Waals surface area contributed by atoms with Crippen LogP contribution in [0.2, 0.25) is 0 Å². The molecule has 8 heteroatoms. The highest BCUT2D eigenvalue weighted by Gasteiger charge is 2.24. The number of hydrogen-bond acceptors (Lipinski definition) is 6. The molecule has 1 heterocycles. The summed E-state index contributed by atoms with van der Waals surface area (Å²) in [6, 6.07) is 0. The molecule has 1 rings (SSSR count). The Morgan fingerprint density at radius 3 is 2.91 bits per heavy atom. The fourth-order valence-corrected chi connectivity index (χ4v) is 3.51. The molecule has 0 bridgehead atoms. The van der Waals surface area contributed by atoms with Gasteiger partial charge in [-0.15, -0.1) is 11.8 Å². The quantitative estimate of drug-likeness (QED) is 0.314. The first-order valence-electron chi connectivity index (χ1n) is 7.50. The largest absolute Gasteiger partial charge is 0.465 e. The molecule has 0 aromatic heterocycles. The first-order valence-corrected chi connectivity index (χ1v) is 10.0. The van der Waals surface area contributed by atoms with Gasteiger partial charge in [0.1, 0.15) is 6.10 Å². The molecule has 23 heavy (non-hydrogen) atoms. The molecule has 1 amide bonds. The number of allylic oxidation sites excluding steroid dienone is 1. The van der Waals surface area contributed by atoms with Crippen LogP contribution in [0.5, 0.6) is 0 Å². The van der Waals surface area contributed by atoms with Crippen molar-refractivity contribution >= 4 is 46.4 Å². The number of alkyl halides is 1. The Kier molecular flexibility index (Phi) is 9.30. The van der Waals surface area contributed by atoms with Crippen molar-refractivity contribution in [2.75, 3.05) is 23.4 Å². The van der Waals surface area contributed by atoms with Gasteiger partial charge in [0, 0.05) is 22.0 Å². The van der Waals surface area contributed by atoms with Gasteiger partial charge in [-0.25, -0.2) is 4.79 Å². The molecule has 1 aliphatic rings. The Morgan fingerprint density at radius 2 is 2.30 bits per heavy atom. The Morgan fingerprint density at radius 1 is 1.57 bits per heavy atom. The number of ether oxygens (including phenoxy) is 2. The molecule has 6 nitrogen and oxygen atoms in total. The van der Waals surface area contributed by atoms with Crippen LogP contribution in [-0.4, -0.2) is 46.7 Å². The summed E-state index contributed by atoms with van der Waals surface area (Å²) >= 11 is 3.89. The number of thioether (sulfide) groups is 1. The predicted octanol–water partition coefficient (Wildman–Crippen LogP) is 2.62. The van der Waals surface area contributed by atoms with Crippen LogP contribution in [0.15, 0.2) is 11.0 Å². The zero-order valence-electron chi connectivity index (χ0n) is 13.3. The van der Waals surface area contributed by atoms with E-state index in [1.807, 2.05) is 13.0 Å². The van der Waals surface area contributed by atoms with Gasteiger partial charge >= 0.3 is 12.1 Å². The van der Waals surface area contributed by atoms with Gasteiger partial charge in [-0.1, -0.05) is 29.5 Å². The zero-order valence-corrected chi connectivity index (χ0v) is 16.2. The van der Waals surface area contributed by atoms with Gasteiger partial charge in [0.05, 0.1) is 13.2 Å². The molecule has 3 N–H and O–H groups in total. The fraction of sp³-hybridized carbons (Fsp3) is 0.733. The molecule has 0 spiro atoms. The number of primary amides is 1. The third kappa shape index (κ3) is 8.25. The number of rotatable bonds is 9. The summed E-state index contributed by atoms with van der Waals surface area (Å²) in [7, 11) is 0. The van der Waals surface area contributed by atoms with Crippen molar-refractivity contribution in [3.63, 3.8) is 0 Å². The van der Waals surface area contributed by atoms with Crippen molar-refractivity contribution < 1.29 is 24.2 Å². The molecule has 0 aromatic rings. The first kappa shape index (κ1) is 20.6. The third-order valence-electron chi connectivity index (χ3n) is 3.42. The number of aliphatic hydroxyl groups excluding tert-OH is 1. The van der Waals surface area contributed by atoms with E-state index in [4.69, 9.17) is 15.2 Å². The molecule has 2 atom stereocenters. The van der Waals surface area contributed by atoms with Gasteiger partial charge in [-0.2, -0.15) is 0 Å². The maximum absolute atomic E-state index is 11.8. The maximum Gasteiger partial charge on any atom is 0.405 e. The monoisotopic (exact) mass is 457 g/mol. The lowest BCUT2D eigenvalue weighted by molar-refractivity contribution is -0.147. The van der Waals surface area contributed by atoms with Crippen molar-refractivity contribution in [3.8, 4) is 0 Å². The number of esters is 1. The van der Waals surface area contributed by atoms with Gasteiger partial charge in [0.2, 0.25) is 0 Å². The van der Waals surface area contributed by atoms with E-state index in [-0.39, 0.29) is 30.7 Å². The minimum absolute atomic E-state index is 0.00595. The minimum atomic E-state index is -0.761. The van der Waals surface area contributed by atoms with E-state index in [9.17, 15) is 14.7 Å². The molecular weight excluding hydrogens is 433 g/mol. The lowest BCUT2D eigenvalue weighted by Crippen LogP contribution is -2.30. The number of carbonyl (C=O) groups is 2. The number of amides is 1. The average Bonchev–Trinajstić information content (AvgIpc) is 2.52. The van der Waals surface area contributed by atoms with Crippen LogP contribution >= 0.6 is 34.4 Å². The Bertz CT molecular complexity index is 440. The summed E-state index contributed by atoms with van der Waals surface area (Å²) in [6.45, 7) is 2.11. The van der Waals surface area contributed by atoms with Crippen LogP contribution in [-0.2, 0) is 14.3 Å².